The van der Waals surface area contributed by atoms with Crippen LogP contribution in [0.1, 0.15) is 11.5 Å². The number of anilines is 1. The van der Waals surface area contributed by atoms with E-state index in [1.165, 1.54) is 0 Å². The first-order valence-corrected chi connectivity index (χ1v) is 8.79. The van der Waals surface area contributed by atoms with Gasteiger partial charge in [0.15, 0.2) is 0 Å². The highest BCUT2D eigenvalue weighted by Gasteiger charge is 2.14. The van der Waals surface area contributed by atoms with Crippen LogP contribution in [0.4, 0.5) is 5.69 Å². The molecule has 0 bridgehead atoms. The van der Waals surface area contributed by atoms with E-state index in [9.17, 15) is 0 Å². The summed E-state index contributed by atoms with van der Waals surface area (Å²) in [5.41, 5.74) is 7.70. The van der Waals surface area contributed by atoms with E-state index in [0.717, 1.165) is 60.0 Å². The first-order valence-electron chi connectivity index (χ1n) is 8.79. The van der Waals surface area contributed by atoms with Gasteiger partial charge >= 0.3 is 0 Å². The summed E-state index contributed by atoms with van der Waals surface area (Å²) in [5.74, 6) is 2.06. The Labute approximate surface area is 152 Å². The van der Waals surface area contributed by atoms with Gasteiger partial charge in [-0.15, -0.1) is 0 Å². The number of aryl methyl sites for hydroxylation is 1. The van der Waals surface area contributed by atoms with Gasteiger partial charge in [-0.05, 0) is 19.1 Å². The zero-order valence-electron chi connectivity index (χ0n) is 14.8. The van der Waals surface area contributed by atoms with E-state index < -0.39 is 0 Å². The normalized spacial score (nSPS) is 15.3. The summed E-state index contributed by atoms with van der Waals surface area (Å²) >= 11 is 0. The highest BCUT2D eigenvalue weighted by molar-refractivity contribution is 5.97. The zero-order valence-corrected chi connectivity index (χ0v) is 14.8. The van der Waals surface area contributed by atoms with Gasteiger partial charge in [0.1, 0.15) is 11.6 Å². The van der Waals surface area contributed by atoms with E-state index in [1.54, 1.807) is 0 Å². The van der Waals surface area contributed by atoms with Gasteiger partial charge in [-0.25, -0.2) is 4.98 Å². The van der Waals surface area contributed by atoms with Gasteiger partial charge in [-0.3, -0.25) is 4.90 Å². The van der Waals surface area contributed by atoms with E-state index in [1.807, 2.05) is 49.4 Å². The monoisotopic (exact) mass is 350 g/mol. The predicted octanol–water partition coefficient (Wildman–Crippen LogP) is 3.14. The first kappa shape index (κ1) is 16.8. The van der Waals surface area contributed by atoms with Gasteiger partial charge in [-0.1, -0.05) is 24.3 Å². The van der Waals surface area contributed by atoms with Crippen molar-refractivity contribution in [1.82, 2.24) is 14.9 Å². The second-order valence-corrected chi connectivity index (χ2v) is 6.45. The van der Waals surface area contributed by atoms with Gasteiger partial charge in [-0.2, -0.15) is 4.98 Å². The van der Waals surface area contributed by atoms with Crippen LogP contribution in [-0.4, -0.2) is 41.2 Å². The molecule has 0 amide bonds. The molecule has 1 fully saturated rings. The van der Waals surface area contributed by atoms with Crippen molar-refractivity contribution in [2.45, 2.75) is 13.5 Å². The zero-order chi connectivity index (χ0) is 17.9. The lowest BCUT2D eigenvalue weighted by atomic mass is 10.1. The largest absolute Gasteiger partial charge is 0.438 e. The summed E-state index contributed by atoms with van der Waals surface area (Å²) in [7, 11) is 0. The van der Waals surface area contributed by atoms with Crippen molar-refractivity contribution < 1.29 is 9.47 Å². The molecule has 6 heteroatoms. The minimum Gasteiger partial charge on any atom is -0.438 e. The minimum atomic E-state index is 0.552. The SMILES string of the molecule is Cc1cc(Oc2ccc(N)c3ccccc23)nc(CN2CCOCC2)n1. The molecule has 2 aromatic carbocycles. The Hall–Kier alpha value is -2.70. The standard InChI is InChI=1S/C20H22N4O2/c1-14-12-20(23-19(22-14)13-24-8-10-25-11-9-24)26-18-7-6-17(21)15-4-2-3-5-16(15)18/h2-7,12H,8-11,13,21H2,1H3. The number of benzene rings is 2. The number of rotatable bonds is 4. The Bertz CT molecular complexity index is 923. The molecule has 1 saturated heterocycles. The van der Waals surface area contributed by atoms with Crippen LogP contribution < -0.4 is 10.5 Å². The molecule has 3 aromatic rings. The highest BCUT2D eigenvalue weighted by atomic mass is 16.5. The number of ether oxygens (including phenoxy) is 2. The summed E-state index contributed by atoms with van der Waals surface area (Å²) < 4.78 is 11.5. The molecule has 0 atom stereocenters. The van der Waals surface area contributed by atoms with Gasteiger partial charge in [0.05, 0.1) is 19.8 Å². The Morgan fingerprint density at radius 2 is 1.85 bits per heavy atom. The van der Waals surface area contributed by atoms with Crippen LogP contribution in [-0.2, 0) is 11.3 Å². The molecule has 134 valence electrons. The van der Waals surface area contributed by atoms with Crippen LogP contribution >= 0.6 is 0 Å². The van der Waals surface area contributed by atoms with Crippen molar-refractivity contribution in [3.05, 3.63) is 54.0 Å². The Morgan fingerprint density at radius 1 is 1.08 bits per heavy atom. The summed E-state index contributed by atoms with van der Waals surface area (Å²) in [6.07, 6.45) is 0. The van der Waals surface area contributed by atoms with Crippen molar-refractivity contribution in [3.63, 3.8) is 0 Å². The Balaban J connectivity index is 1.61. The average molecular weight is 350 g/mol. The lowest BCUT2D eigenvalue weighted by molar-refractivity contribution is 0.0330. The molecule has 4 rings (SSSR count). The minimum absolute atomic E-state index is 0.552. The third kappa shape index (κ3) is 3.61. The molecule has 26 heavy (non-hydrogen) atoms. The molecule has 0 spiro atoms. The van der Waals surface area contributed by atoms with Crippen LogP contribution in [0.25, 0.3) is 10.8 Å². The van der Waals surface area contributed by atoms with Gasteiger partial charge in [0.25, 0.3) is 0 Å². The molecule has 1 aromatic heterocycles. The molecule has 0 aliphatic carbocycles. The third-order valence-electron chi connectivity index (χ3n) is 4.48. The summed E-state index contributed by atoms with van der Waals surface area (Å²) in [5, 5.41) is 1.95. The maximum absolute atomic E-state index is 6.11. The van der Waals surface area contributed by atoms with Crippen LogP contribution in [0.3, 0.4) is 0 Å². The van der Waals surface area contributed by atoms with Crippen LogP contribution in [0.2, 0.25) is 0 Å². The number of hydrogen-bond donors (Lipinski definition) is 1. The fourth-order valence-corrected chi connectivity index (χ4v) is 3.18. The average Bonchev–Trinajstić information content (AvgIpc) is 2.65. The predicted molar refractivity (Wildman–Crippen MR) is 101 cm³/mol. The molecule has 1 aliphatic rings. The topological polar surface area (TPSA) is 73.5 Å². The number of fused-ring (bicyclic) bond motifs is 1. The van der Waals surface area contributed by atoms with Crippen LogP contribution in [0.5, 0.6) is 11.6 Å². The van der Waals surface area contributed by atoms with Gasteiger partial charge in [0, 0.05) is 41.3 Å². The van der Waals surface area contributed by atoms with E-state index >= 15 is 0 Å². The lowest BCUT2D eigenvalue weighted by Gasteiger charge is -2.25. The fourth-order valence-electron chi connectivity index (χ4n) is 3.18. The quantitative estimate of drug-likeness (QED) is 0.729. The maximum atomic E-state index is 6.11. The summed E-state index contributed by atoms with van der Waals surface area (Å²) in [6.45, 7) is 5.97. The molecule has 0 unspecified atom stereocenters. The second-order valence-electron chi connectivity index (χ2n) is 6.45. The Morgan fingerprint density at radius 3 is 2.65 bits per heavy atom. The van der Waals surface area contributed by atoms with Crippen molar-refractivity contribution in [2.24, 2.45) is 0 Å². The summed E-state index contributed by atoms with van der Waals surface area (Å²) in [6, 6.07) is 13.5. The lowest BCUT2D eigenvalue weighted by Crippen LogP contribution is -2.36. The number of nitrogens with two attached hydrogens (primary N) is 1. The fraction of sp³-hybridized carbons (Fsp3) is 0.300. The van der Waals surface area contributed by atoms with E-state index in [4.69, 9.17) is 15.2 Å². The third-order valence-corrected chi connectivity index (χ3v) is 4.48. The molecule has 2 N–H and O–H groups in total. The molecular weight excluding hydrogens is 328 g/mol. The number of nitrogen functional groups attached to an aromatic ring is 1. The number of hydrogen-bond acceptors (Lipinski definition) is 6. The number of morpholine rings is 1. The summed E-state index contributed by atoms with van der Waals surface area (Å²) in [4.78, 5) is 11.4. The van der Waals surface area contributed by atoms with Crippen molar-refractivity contribution in [2.75, 3.05) is 32.0 Å². The second kappa shape index (κ2) is 7.27. The molecule has 2 heterocycles. The molecule has 0 saturated carbocycles. The molecular formula is C20H22N4O2. The van der Waals surface area contributed by atoms with Crippen molar-refractivity contribution >= 4 is 16.5 Å². The van der Waals surface area contributed by atoms with Gasteiger partial charge < -0.3 is 15.2 Å². The highest BCUT2D eigenvalue weighted by Crippen LogP contribution is 2.32. The molecule has 0 radical (unpaired) electrons. The maximum Gasteiger partial charge on any atom is 0.222 e. The van der Waals surface area contributed by atoms with Crippen molar-refractivity contribution in [3.8, 4) is 11.6 Å². The van der Waals surface area contributed by atoms with Crippen molar-refractivity contribution in [1.29, 1.82) is 0 Å². The van der Waals surface area contributed by atoms with Crippen LogP contribution in [0.15, 0.2) is 42.5 Å². The molecule has 1 aliphatic heterocycles. The molecule has 6 nitrogen and oxygen atoms in total. The number of aromatic nitrogens is 2. The van der Waals surface area contributed by atoms with Crippen LogP contribution in [0, 0.1) is 6.92 Å². The van der Waals surface area contributed by atoms with E-state index in [0.29, 0.717) is 12.4 Å². The number of nitrogens with zero attached hydrogens (tertiary/aromatic N) is 3. The van der Waals surface area contributed by atoms with E-state index in [-0.39, 0.29) is 0 Å². The van der Waals surface area contributed by atoms with Gasteiger partial charge in [0.2, 0.25) is 5.88 Å². The first-order chi connectivity index (χ1) is 12.7. The Kier molecular flexibility index (Phi) is 4.69. The van der Waals surface area contributed by atoms with E-state index in [2.05, 4.69) is 14.9 Å². The smallest absolute Gasteiger partial charge is 0.222 e.